The van der Waals surface area contributed by atoms with Crippen molar-refractivity contribution in [2.75, 3.05) is 30.7 Å². The number of rotatable bonds is 4. The van der Waals surface area contributed by atoms with Gasteiger partial charge in [-0.15, -0.1) is 0 Å². The fourth-order valence-corrected chi connectivity index (χ4v) is 2.14. The van der Waals surface area contributed by atoms with E-state index in [9.17, 15) is 9.59 Å². The van der Waals surface area contributed by atoms with E-state index in [4.69, 9.17) is 10.8 Å². The summed E-state index contributed by atoms with van der Waals surface area (Å²) in [7, 11) is 0. The molecule has 0 atom stereocenters. The van der Waals surface area contributed by atoms with Gasteiger partial charge in [-0.3, -0.25) is 4.79 Å². The Bertz CT molecular complexity index is 496. The summed E-state index contributed by atoms with van der Waals surface area (Å²) in [6.45, 7) is 1.65. The Kier molecular flexibility index (Phi) is 3.89. The molecule has 4 N–H and O–H groups in total. The fraction of sp³-hybridized carbons (Fsp3) is 0.385. The maximum Gasteiger partial charge on any atom is 0.337 e. The molecule has 1 amide bonds. The smallest absolute Gasteiger partial charge is 0.337 e. The summed E-state index contributed by atoms with van der Waals surface area (Å²) >= 11 is 0. The first kappa shape index (κ1) is 13.2. The van der Waals surface area contributed by atoms with Crippen molar-refractivity contribution in [3.05, 3.63) is 23.8 Å². The van der Waals surface area contributed by atoms with Crippen molar-refractivity contribution >= 4 is 23.3 Å². The monoisotopic (exact) mass is 263 g/mol. The lowest BCUT2D eigenvalue weighted by Gasteiger charge is -2.16. The van der Waals surface area contributed by atoms with Crippen LogP contribution in [-0.4, -0.2) is 41.5 Å². The lowest BCUT2D eigenvalue weighted by Crippen LogP contribution is -2.33. The molecule has 0 unspecified atom stereocenters. The molecule has 0 spiro atoms. The number of hydrogen-bond acceptors (Lipinski definition) is 4. The summed E-state index contributed by atoms with van der Waals surface area (Å²) in [6, 6.07) is 4.48. The van der Waals surface area contributed by atoms with Gasteiger partial charge in [-0.25, -0.2) is 4.79 Å². The maximum absolute atomic E-state index is 11.9. The van der Waals surface area contributed by atoms with Crippen LogP contribution in [0.15, 0.2) is 18.2 Å². The second-order valence-electron chi connectivity index (χ2n) is 4.55. The molecular weight excluding hydrogens is 246 g/mol. The number of anilines is 2. The van der Waals surface area contributed by atoms with Crippen molar-refractivity contribution in [2.45, 2.75) is 12.8 Å². The minimum atomic E-state index is -1.05. The topological polar surface area (TPSA) is 95.7 Å². The predicted molar refractivity (Wildman–Crippen MR) is 72.1 cm³/mol. The Morgan fingerprint density at radius 2 is 2.00 bits per heavy atom. The molecule has 2 rings (SSSR count). The highest BCUT2D eigenvalue weighted by atomic mass is 16.4. The molecule has 0 aliphatic carbocycles. The van der Waals surface area contributed by atoms with Gasteiger partial charge < -0.3 is 21.1 Å². The second-order valence-corrected chi connectivity index (χ2v) is 4.55. The number of hydrogen-bond donors (Lipinski definition) is 3. The van der Waals surface area contributed by atoms with Crippen LogP contribution >= 0.6 is 0 Å². The van der Waals surface area contributed by atoms with E-state index in [-0.39, 0.29) is 18.0 Å². The van der Waals surface area contributed by atoms with Gasteiger partial charge in [0.2, 0.25) is 5.91 Å². The summed E-state index contributed by atoms with van der Waals surface area (Å²) in [5.41, 5.74) is 6.58. The molecule has 19 heavy (non-hydrogen) atoms. The van der Waals surface area contributed by atoms with Crippen molar-refractivity contribution in [3.8, 4) is 0 Å². The summed E-state index contributed by atoms with van der Waals surface area (Å²) in [5, 5.41) is 11.9. The van der Waals surface area contributed by atoms with Crippen LogP contribution in [0, 0.1) is 0 Å². The van der Waals surface area contributed by atoms with E-state index in [1.54, 1.807) is 4.90 Å². The van der Waals surface area contributed by atoms with Crippen LogP contribution in [0.5, 0.6) is 0 Å². The van der Waals surface area contributed by atoms with Crippen LogP contribution in [0.2, 0.25) is 0 Å². The Morgan fingerprint density at radius 1 is 1.32 bits per heavy atom. The van der Waals surface area contributed by atoms with Crippen molar-refractivity contribution < 1.29 is 14.7 Å². The van der Waals surface area contributed by atoms with Gasteiger partial charge in [0.25, 0.3) is 0 Å². The number of carboxylic acid groups (broad SMARTS) is 1. The van der Waals surface area contributed by atoms with Crippen LogP contribution in [0.4, 0.5) is 11.4 Å². The highest BCUT2D eigenvalue weighted by molar-refractivity contribution is 5.95. The van der Waals surface area contributed by atoms with Gasteiger partial charge in [-0.2, -0.15) is 0 Å². The molecule has 1 aromatic carbocycles. The third kappa shape index (κ3) is 3.15. The molecule has 0 aromatic heterocycles. The van der Waals surface area contributed by atoms with Gasteiger partial charge in [0, 0.05) is 18.8 Å². The number of nitrogens with one attached hydrogen (secondary N) is 1. The number of benzene rings is 1. The molecule has 1 aliphatic heterocycles. The number of nitrogens with zero attached hydrogens (tertiary/aromatic N) is 1. The Hall–Kier alpha value is -2.24. The molecule has 0 radical (unpaired) electrons. The zero-order valence-electron chi connectivity index (χ0n) is 10.6. The number of nitrogen functional groups attached to an aromatic ring is 1. The minimum absolute atomic E-state index is 0.0173. The van der Waals surface area contributed by atoms with Gasteiger partial charge in [0.05, 0.1) is 17.8 Å². The average molecular weight is 263 g/mol. The number of carbonyl (C=O) groups is 2. The normalized spacial score (nSPS) is 14.4. The summed E-state index contributed by atoms with van der Waals surface area (Å²) in [5.74, 6) is -1.06. The van der Waals surface area contributed by atoms with E-state index in [1.165, 1.54) is 18.2 Å². The Labute approximate surface area is 111 Å². The number of nitrogens with two attached hydrogens (primary N) is 1. The second kappa shape index (κ2) is 5.60. The lowest BCUT2D eigenvalue weighted by molar-refractivity contribution is -0.128. The van der Waals surface area contributed by atoms with Crippen molar-refractivity contribution in [1.82, 2.24) is 4.90 Å². The van der Waals surface area contributed by atoms with Gasteiger partial charge in [0.1, 0.15) is 0 Å². The minimum Gasteiger partial charge on any atom is -0.478 e. The number of carbonyl (C=O) groups excluding carboxylic acids is 1. The third-order valence-corrected chi connectivity index (χ3v) is 3.16. The summed E-state index contributed by atoms with van der Waals surface area (Å²) in [6.07, 6.45) is 2.06. The highest BCUT2D eigenvalue weighted by Gasteiger charge is 2.18. The first-order valence-electron chi connectivity index (χ1n) is 6.22. The number of carboxylic acids is 1. The molecule has 1 fully saturated rings. The van der Waals surface area contributed by atoms with E-state index in [1.807, 2.05) is 0 Å². The molecular formula is C13H17N3O3. The quantitative estimate of drug-likeness (QED) is 0.704. The number of amides is 1. The molecule has 6 heteroatoms. The Morgan fingerprint density at radius 3 is 2.63 bits per heavy atom. The van der Waals surface area contributed by atoms with E-state index in [0.29, 0.717) is 11.4 Å². The summed E-state index contributed by atoms with van der Waals surface area (Å²) < 4.78 is 0. The molecule has 1 saturated heterocycles. The van der Waals surface area contributed by atoms with Crippen LogP contribution in [-0.2, 0) is 4.79 Å². The fourth-order valence-electron chi connectivity index (χ4n) is 2.14. The van der Waals surface area contributed by atoms with Crippen LogP contribution in [0.25, 0.3) is 0 Å². The maximum atomic E-state index is 11.9. The average Bonchev–Trinajstić information content (AvgIpc) is 2.89. The number of aromatic carboxylic acids is 1. The molecule has 0 bridgehead atoms. The van der Waals surface area contributed by atoms with Gasteiger partial charge in [-0.1, -0.05) is 0 Å². The van der Waals surface area contributed by atoms with E-state index in [0.717, 1.165) is 25.9 Å². The van der Waals surface area contributed by atoms with E-state index >= 15 is 0 Å². The lowest BCUT2D eigenvalue weighted by atomic mass is 10.1. The van der Waals surface area contributed by atoms with E-state index in [2.05, 4.69) is 5.32 Å². The first-order chi connectivity index (χ1) is 9.08. The van der Waals surface area contributed by atoms with Crippen LogP contribution < -0.4 is 11.1 Å². The summed E-state index contributed by atoms with van der Waals surface area (Å²) in [4.78, 5) is 24.7. The standard InChI is InChI=1S/C13H17N3O3/c14-9-3-4-10(13(18)19)11(7-9)15-8-12(17)16-5-1-2-6-16/h3-4,7,15H,1-2,5-6,8,14H2,(H,18,19). The molecule has 1 aromatic rings. The molecule has 1 heterocycles. The molecule has 102 valence electrons. The zero-order chi connectivity index (χ0) is 13.8. The SMILES string of the molecule is Nc1ccc(C(=O)O)c(NCC(=O)N2CCCC2)c1. The largest absolute Gasteiger partial charge is 0.478 e. The zero-order valence-corrected chi connectivity index (χ0v) is 10.6. The van der Waals surface area contributed by atoms with E-state index < -0.39 is 5.97 Å². The van der Waals surface area contributed by atoms with Gasteiger partial charge in [0.15, 0.2) is 0 Å². The first-order valence-corrected chi connectivity index (χ1v) is 6.22. The molecule has 0 saturated carbocycles. The molecule has 1 aliphatic rings. The van der Waals surface area contributed by atoms with Gasteiger partial charge >= 0.3 is 5.97 Å². The van der Waals surface area contributed by atoms with Crippen molar-refractivity contribution in [1.29, 1.82) is 0 Å². The van der Waals surface area contributed by atoms with Gasteiger partial charge in [-0.05, 0) is 31.0 Å². The number of likely N-dealkylation sites (tertiary alicyclic amines) is 1. The predicted octanol–water partition coefficient (Wildman–Crippen LogP) is 1.00. The third-order valence-electron chi connectivity index (χ3n) is 3.16. The Balaban J connectivity index is 2.04. The van der Waals surface area contributed by atoms with Crippen LogP contribution in [0.3, 0.4) is 0 Å². The van der Waals surface area contributed by atoms with Crippen molar-refractivity contribution in [2.24, 2.45) is 0 Å². The van der Waals surface area contributed by atoms with Crippen molar-refractivity contribution in [3.63, 3.8) is 0 Å². The molecule has 6 nitrogen and oxygen atoms in total. The van der Waals surface area contributed by atoms with Crippen LogP contribution in [0.1, 0.15) is 23.2 Å². The highest BCUT2D eigenvalue weighted by Crippen LogP contribution is 2.19.